The van der Waals surface area contributed by atoms with E-state index in [0.29, 0.717) is 35.6 Å². The topological polar surface area (TPSA) is 42.0 Å². The predicted octanol–water partition coefficient (Wildman–Crippen LogP) is 2.89. The molecule has 0 radical (unpaired) electrons. The lowest BCUT2D eigenvalue weighted by Gasteiger charge is -2.16. The van der Waals surface area contributed by atoms with Crippen LogP contribution in [-0.4, -0.2) is 17.3 Å². The molecule has 0 amide bonds. The lowest BCUT2D eigenvalue weighted by atomic mass is 10.0. The zero-order valence-corrected chi connectivity index (χ0v) is 9.61. The monoisotopic (exact) mass is 242 g/mol. The molecular formula is C14H11FN2O. The second-order valence-corrected chi connectivity index (χ2v) is 4.20. The third-order valence-corrected chi connectivity index (χ3v) is 2.96. The molecule has 1 N–H and O–H groups in total. The van der Waals surface area contributed by atoms with Gasteiger partial charge >= 0.3 is 0 Å². The van der Waals surface area contributed by atoms with Crippen LogP contribution in [0.3, 0.4) is 0 Å². The first-order valence-corrected chi connectivity index (χ1v) is 5.78. The van der Waals surface area contributed by atoms with E-state index in [4.69, 9.17) is 0 Å². The fraction of sp³-hybridized carbons (Fsp3) is 0.143. The number of Topliss-reactive ketones (excluding diaryl/α,β-unsaturated/α-hetero) is 1. The summed E-state index contributed by atoms with van der Waals surface area (Å²) in [5.74, 6) is 0.395. The fourth-order valence-electron chi connectivity index (χ4n) is 2.06. The van der Waals surface area contributed by atoms with Crippen LogP contribution in [0.2, 0.25) is 0 Å². The molecular weight excluding hydrogens is 231 g/mol. The summed E-state index contributed by atoms with van der Waals surface area (Å²) in [5.41, 5.74) is 1.98. The molecule has 1 aromatic heterocycles. The zero-order chi connectivity index (χ0) is 12.5. The van der Waals surface area contributed by atoms with Crippen LogP contribution in [0.4, 0.5) is 10.2 Å². The number of pyridine rings is 1. The van der Waals surface area contributed by atoms with Crippen molar-refractivity contribution in [2.24, 2.45) is 0 Å². The number of benzene rings is 1. The van der Waals surface area contributed by atoms with Crippen molar-refractivity contribution in [1.29, 1.82) is 0 Å². The van der Waals surface area contributed by atoms with Crippen molar-refractivity contribution in [3.05, 3.63) is 47.8 Å². The molecule has 1 aliphatic rings. The van der Waals surface area contributed by atoms with Gasteiger partial charge in [0, 0.05) is 18.5 Å². The van der Waals surface area contributed by atoms with Crippen LogP contribution in [0.1, 0.15) is 16.8 Å². The number of fused-ring (bicyclic) bond motifs is 1. The molecule has 1 aliphatic heterocycles. The van der Waals surface area contributed by atoms with Crippen LogP contribution < -0.4 is 5.32 Å². The number of anilines is 1. The van der Waals surface area contributed by atoms with Gasteiger partial charge in [-0.1, -0.05) is 12.1 Å². The first kappa shape index (κ1) is 10.9. The number of nitrogens with zero attached hydrogens (tertiary/aromatic N) is 1. The van der Waals surface area contributed by atoms with Gasteiger partial charge in [-0.05, 0) is 24.3 Å². The van der Waals surface area contributed by atoms with Crippen LogP contribution in [0.25, 0.3) is 11.3 Å². The zero-order valence-electron chi connectivity index (χ0n) is 9.61. The Hall–Kier alpha value is -2.23. The third-order valence-electron chi connectivity index (χ3n) is 2.96. The van der Waals surface area contributed by atoms with Gasteiger partial charge in [0.2, 0.25) is 0 Å². The maximum absolute atomic E-state index is 13.2. The molecule has 3 nitrogen and oxygen atoms in total. The van der Waals surface area contributed by atoms with E-state index >= 15 is 0 Å². The minimum Gasteiger partial charge on any atom is -0.369 e. The smallest absolute Gasteiger partial charge is 0.168 e. The van der Waals surface area contributed by atoms with Gasteiger partial charge in [-0.25, -0.2) is 9.37 Å². The van der Waals surface area contributed by atoms with Gasteiger partial charge in [0.25, 0.3) is 0 Å². The highest BCUT2D eigenvalue weighted by Gasteiger charge is 2.18. The Morgan fingerprint density at radius 3 is 2.94 bits per heavy atom. The molecule has 0 saturated heterocycles. The lowest BCUT2D eigenvalue weighted by Crippen LogP contribution is -2.19. The van der Waals surface area contributed by atoms with Gasteiger partial charge < -0.3 is 5.32 Å². The molecule has 18 heavy (non-hydrogen) atoms. The molecule has 0 saturated carbocycles. The Bertz CT molecular complexity index is 625. The van der Waals surface area contributed by atoms with E-state index in [1.165, 1.54) is 12.1 Å². The lowest BCUT2D eigenvalue weighted by molar-refractivity contribution is 0.0983. The van der Waals surface area contributed by atoms with E-state index in [9.17, 15) is 9.18 Å². The number of rotatable bonds is 1. The van der Waals surface area contributed by atoms with E-state index in [2.05, 4.69) is 10.3 Å². The number of carbonyl (C=O) groups excluding carboxylic acids is 1. The fourth-order valence-corrected chi connectivity index (χ4v) is 2.06. The molecule has 0 atom stereocenters. The normalized spacial score (nSPS) is 13.9. The number of nitrogens with one attached hydrogen (secondary N) is 1. The minimum absolute atomic E-state index is 0.0991. The Labute approximate surface area is 104 Å². The number of carbonyl (C=O) groups is 1. The van der Waals surface area contributed by atoms with Crippen LogP contribution in [0.5, 0.6) is 0 Å². The quantitative estimate of drug-likeness (QED) is 0.836. The highest BCUT2D eigenvalue weighted by atomic mass is 19.1. The molecule has 4 heteroatoms. The standard InChI is InChI=1S/C14H11FN2O/c15-10-3-1-2-9(8-10)12-5-4-11-13(18)6-7-16-14(11)17-12/h1-5,8H,6-7H2,(H,16,17). The summed E-state index contributed by atoms with van der Waals surface area (Å²) in [6.45, 7) is 0.603. The van der Waals surface area contributed by atoms with Crippen LogP contribution >= 0.6 is 0 Å². The average molecular weight is 242 g/mol. The van der Waals surface area contributed by atoms with Crippen LogP contribution in [0, 0.1) is 5.82 Å². The summed E-state index contributed by atoms with van der Waals surface area (Å²) in [6, 6.07) is 9.76. The molecule has 3 rings (SSSR count). The van der Waals surface area contributed by atoms with Crippen molar-refractivity contribution in [2.75, 3.05) is 11.9 Å². The average Bonchev–Trinajstić information content (AvgIpc) is 2.39. The van der Waals surface area contributed by atoms with E-state index in [1.54, 1.807) is 24.3 Å². The van der Waals surface area contributed by atoms with Crippen LogP contribution in [0.15, 0.2) is 36.4 Å². The molecule has 0 aliphatic carbocycles. The van der Waals surface area contributed by atoms with Crippen molar-refractivity contribution in [3.8, 4) is 11.3 Å². The predicted molar refractivity (Wildman–Crippen MR) is 67.1 cm³/mol. The molecule has 0 spiro atoms. The largest absolute Gasteiger partial charge is 0.369 e. The van der Waals surface area contributed by atoms with E-state index < -0.39 is 0 Å². The van der Waals surface area contributed by atoms with Crippen molar-refractivity contribution in [1.82, 2.24) is 4.98 Å². The van der Waals surface area contributed by atoms with Gasteiger partial charge in [0.1, 0.15) is 11.6 Å². The molecule has 1 aromatic carbocycles. The Morgan fingerprint density at radius 2 is 2.11 bits per heavy atom. The maximum Gasteiger partial charge on any atom is 0.168 e. The van der Waals surface area contributed by atoms with Crippen molar-refractivity contribution < 1.29 is 9.18 Å². The van der Waals surface area contributed by atoms with Crippen molar-refractivity contribution in [2.45, 2.75) is 6.42 Å². The van der Waals surface area contributed by atoms with E-state index in [-0.39, 0.29) is 11.6 Å². The van der Waals surface area contributed by atoms with Crippen molar-refractivity contribution >= 4 is 11.6 Å². The van der Waals surface area contributed by atoms with Crippen molar-refractivity contribution in [3.63, 3.8) is 0 Å². The highest BCUT2D eigenvalue weighted by molar-refractivity contribution is 6.02. The number of ketones is 1. The van der Waals surface area contributed by atoms with Gasteiger partial charge in [-0.15, -0.1) is 0 Å². The van der Waals surface area contributed by atoms with Gasteiger partial charge in [0.05, 0.1) is 11.3 Å². The number of hydrogen-bond donors (Lipinski definition) is 1. The molecule has 0 unspecified atom stereocenters. The maximum atomic E-state index is 13.2. The summed E-state index contributed by atoms with van der Waals surface area (Å²) in [7, 11) is 0. The Balaban J connectivity index is 2.07. The number of halogens is 1. The Kier molecular flexibility index (Phi) is 2.55. The van der Waals surface area contributed by atoms with Gasteiger partial charge in [-0.2, -0.15) is 0 Å². The second kappa shape index (κ2) is 4.22. The molecule has 0 bridgehead atoms. The first-order valence-electron chi connectivity index (χ1n) is 5.78. The highest BCUT2D eigenvalue weighted by Crippen LogP contribution is 2.25. The van der Waals surface area contributed by atoms with E-state index in [0.717, 1.165) is 0 Å². The third kappa shape index (κ3) is 1.86. The second-order valence-electron chi connectivity index (χ2n) is 4.20. The summed E-state index contributed by atoms with van der Waals surface area (Å²) >= 11 is 0. The van der Waals surface area contributed by atoms with E-state index in [1.807, 2.05) is 0 Å². The number of hydrogen-bond acceptors (Lipinski definition) is 3. The minimum atomic E-state index is -0.295. The van der Waals surface area contributed by atoms with Gasteiger partial charge in [0.15, 0.2) is 5.78 Å². The molecule has 2 heterocycles. The first-order chi connectivity index (χ1) is 8.74. The molecule has 90 valence electrons. The summed E-state index contributed by atoms with van der Waals surface area (Å²) < 4.78 is 13.2. The molecule has 2 aromatic rings. The molecule has 0 fully saturated rings. The summed E-state index contributed by atoms with van der Waals surface area (Å²) in [5, 5.41) is 3.09. The SMILES string of the molecule is O=C1CCNc2nc(-c3cccc(F)c3)ccc21. The van der Waals surface area contributed by atoms with Gasteiger partial charge in [-0.3, -0.25) is 4.79 Å². The Morgan fingerprint density at radius 1 is 1.22 bits per heavy atom. The summed E-state index contributed by atoms with van der Waals surface area (Å²) in [4.78, 5) is 16.0. The number of aromatic nitrogens is 1. The van der Waals surface area contributed by atoms with Crippen LogP contribution in [-0.2, 0) is 0 Å². The summed E-state index contributed by atoms with van der Waals surface area (Å²) in [6.07, 6.45) is 0.494.